The van der Waals surface area contributed by atoms with Gasteiger partial charge >= 0.3 is 5.97 Å². The highest BCUT2D eigenvalue weighted by atomic mass is 16.5. The molecule has 0 aliphatic carbocycles. The molecule has 1 saturated heterocycles. The second-order valence-electron chi connectivity index (χ2n) is 7.53. The van der Waals surface area contributed by atoms with Crippen LogP contribution in [-0.4, -0.2) is 110 Å². The van der Waals surface area contributed by atoms with Crippen LogP contribution in [0.5, 0.6) is 0 Å². The Balaban J connectivity index is 2.31. The summed E-state index contributed by atoms with van der Waals surface area (Å²) in [5, 5.41) is 18.3. The summed E-state index contributed by atoms with van der Waals surface area (Å²) in [5.74, 6) is -3.88. The fourth-order valence-electron chi connectivity index (χ4n) is 3.25. The first-order valence-corrected chi connectivity index (χ1v) is 11.0. The van der Waals surface area contributed by atoms with Gasteiger partial charge in [0.2, 0.25) is 29.5 Å². The van der Waals surface area contributed by atoms with Crippen LogP contribution in [0.25, 0.3) is 0 Å². The van der Waals surface area contributed by atoms with Crippen molar-refractivity contribution < 1.29 is 43.4 Å². The Morgan fingerprint density at radius 3 is 2.51 bits per heavy atom. The van der Waals surface area contributed by atoms with Gasteiger partial charge in [0, 0.05) is 19.5 Å². The number of aliphatic carboxylic acids is 1. The van der Waals surface area contributed by atoms with Crippen molar-refractivity contribution in [3.05, 3.63) is 0 Å². The van der Waals surface area contributed by atoms with Gasteiger partial charge in [-0.15, -0.1) is 0 Å². The number of amides is 5. The molecule has 0 aromatic carbocycles. The number of likely N-dealkylation sites (tertiary alicyclic amines) is 1. The topological polar surface area (TPSA) is 226 Å². The number of nitrogens with zero attached hydrogens (tertiary/aromatic N) is 1. The molecule has 0 saturated carbocycles. The molecular weight excluding hydrogens is 468 g/mol. The molecule has 1 rings (SSSR count). The van der Waals surface area contributed by atoms with Crippen molar-refractivity contribution in [2.24, 2.45) is 5.73 Å². The van der Waals surface area contributed by atoms with Gasteiger partial charge in [0.05, 0.1) is 26.2 Å². The lowest BCUT2D eigenvalue weighted by atomic mass is 10.1. The third-order valence-electron chi connectivity index (χ3n) is 4.94. The van der Waals surface area contributed by atoms with E-state index in [9.17, 15) is 33.6 Å². The molecule has 15 nitrogen and oxygen atoms in total. The van der Waals surface area contributed by atoms with Crippen LogP contribution in [0.4, 0.5) is 0 Å². The molecular formula is C20H32N6O9. The van der Waals surface area contributed by atoms with E-state index in [0.29, 0.717) is 25.7 Å². The predicted molar refractivity (Wildman–Crippen MR) is 119 cm³/mol. The molecule has 15 heteroatoms. The normalized spacial score (nSPS) is 15.6. The van der Waals surface area contributed by atoms with Crippen molar-refractivity contribution in [3.8, 4) is 0 Å². The number of nitrogens with one attached hydrogen (secondary N) is 4. The van der Waals surface area contributed by atoms with Crippen LogP contribution in [0, 0.1) is 0 Å². The van der Waals surface area contributed by atoms with E-state index in [1.165, 1.54) is 4.90 Å². The summed E-state index contributed by atoms with van der Waals surface area (Å²) in [5.41, 5.74) is 5.18. The standard InChI is InChI=1S/C20H32N6O9/c21-10-15(28)25-13(3-4-18(31)32)19(33)24-11-16(29)22-6-9-35-12-17(30)26-7-1-2-14(26)20(34)23-5-8-27/h8,13-14H,1-7,9-12,21H2,(H,22,29)(H,23,34)(H,24,33)(H,25,28)(H,31,32). The highest BCUT2D eigenvalue weighted by Crippen LogP contribution is 2.17. The maximum Gasteiger partial charge on any atom is 0.303 e. The molecule has 1 aliphatic rings. The SMILES string of the molecule is NCC(=O)NC(CCC(=O)O)C(=O)NCC(=O)NCCOCC(=O)N1CCCC1C(=O)NCC=O. The third-order valence-corrected chi connectivity index (χ3v) is 4.94. The first kappa shape index (κ1) is 29.4. The molecule has 1 heterocycles. The molecule has 0 aromatic rings. The van der Waals surface area contributed by atoms with Crippen molar-refractivity contribution >= 4 is 41.8 Å². The minimum atomic E-state index is -1.15. The second kappa shape index (κ2) is 16.1. The lowest BCUT2D eigenvalue weighted by Crippen LogP contribution is -2.50. The second-order valence-corrected chi connectivity index (χ2v) is 7.53. The first-order chi connectivity index (χ1) is 16.7. The lowest BCUT2D eigenvalue weighted by Gasteiger charge is -2.23. The van der Waals surface area contributed by atoms with E-state index in [2.05, 4.69) is 21.3 Å². The maximum atomic E-state index is 12.3. The van der Waals surface area contributed by atoms with Gasteiger partial charge in [-0.25, -0.2) is 0 Å². The van der Waals surface area contributed by atoms with Gasteiger partial charge in [-0.2, -0.15) is 0 Å². The zero-order chi connectivity index (χ0) is 26.2. The van der Waals surface area contributed by atoms with E-state index < -0.39 is 48.2 Å². The Kier molecular flexibility index (Phi) is 13.5. The molecule has 35 heavy (non-hydrogen) atoms. The number of carboxylic acids is 1. The van der Waals surface area contributed by atoms with Gasteiger partial charge in [0.25, 0.3) is 0 Å². The average Bonchev–Trinajstić information content (AvgIpc) is 3.33. The Bertz CT molecular complexity index is 791. The van der Waals surface area contributed by atoms with E-state index in [1.54, 1.807) is 0 Å². The van der Waals surface area contributed by atoms with Crippen LogP contribution >= 0.6 is 0 Å². The van der Waals surface area contributed by atoms with Gasteiger partial charge in [0.1, 0.15) is 25.0 Å². The van der Waals surface area contributed by atoms with Crippen molar-refractivity contribution in [1.29, 1.82) is 0 Å². The van der Waals surface area contributed by atoms with Crippen LogP contribution in [0.2, 0.25) is 0 Å². The Morgan fingerprint density at radius 2 is 1.86 bits per heavy atom. The highest BCUT2D eigenvalue weighted by molar-refractivity contribution is 5.91. The van der Waals surface area contributed by atoms with Crippen LogP contribution in [0.15, 0.2) is 0 Å². The maximum absolute atomic E-state index is 12.3. The van der Waals surface area contributed by atoms with Crippen LogP contribution in [0.3, 0.4) is 0 Å². The number of hydrogen-bond donors (Lipinski definition) is 6. The predicted octanol–water partition coefficient (Wildman–Crippen LogP) is -4.15. The Labute approximate surface area is 201 Å². The number of hydrogen-bond acceptors (Lipinski definition) is 9. The first-order valence-electron chi connectivity index (χ1n) is 11.0. The van der Waals surface area contributed by atoms with Gasteiger partial charge in [-0.1, -0.05) is 0 Å². The van der Waals surface area contributed by atoms with Crippen molar-refractivity contribution in [2.75, 3.05) is 45.9 Å². The fourth-order valence-corrected chi connectivity index (χ4v) is 3.25. The smallest absolute Gasteiger partial charge is 0.303 e. The largest absolute Gasteiger partial charge is 0.481 e. The molecule has 0 radical (unpaired) electrons. The van der Waals surface area contributed by atoms with Crippen LogP contribution < -0.4 is 27.0 Å². The lowest BCUT2D eigenvalue weighted by molar-refractivity contribution is -0.142. The van der Waals surface area contributed by atoms with Crippen LogP contribution in [0.1, 0.15) is 25.7 Å². The zero-order valence-electron chi connectivity index (χ0n) is 19.2. The summed E-state index contributed by atoms with van der Waals surface area (Å²) < 4.78 is 5.25. The average molecular weight is 501 g/mol. The molecule has 0 bridgehead atoms. The quantitative estimate of drug-likeness (QED) is 0.0885. The van der Waals surface area contributed by atoms with Crippen molar-refractivity contribution in [2.45, 2.75) is 37.8 Å². The minimum Gasteiger partial charge on any atom is -0.481 e. The summed E-state index contributed by atoms with van der Waals surface area (Å²) in [7, 11) is 0. The summed E-state index contributed by atoms with van der Waals surface area (Å²) in [4.78, 5) is 82.3. The van der Waals surface area contributed by atoms with Crippen molar-refractivity contribution in [1.82, 2.24) is 26.2 Å². The summed E-state index contributed by atoms with van der Waals surface area (Å²) in [6, 6.07) is -1.80. The molecule has 196 valence electrons. The van der Waals surface area contributed by atoms with Gasteiger partial charge in [-0.3, -0.25) is 28.8 Å². The summed E-state index contributed by atoms with van der Waals surface area (Å²) in [6.45, 7) is -0.796. The highest BCUT2D eigenvalue weighted by Gasteiger charge is 2.33. The molecule has 2 atom stereocenters. The van der Waals surface area contributed by atoms with E-state index in [0.717, 1.165) is 0 Å². The number of carbonyl (C=O) groups is 7. The number of carbonyl (C=O) groups excluding carboxylic acids is 6. The van der Waals surface area contributed by atoms with Gasteiger partial charge in [-0.05, 0) is 19.3 Å². The zero-order valence-corrected chi connectivity index (χ0v) is 19.2. The van der Waals surface area contributed by atoms with Crippen LogP contribution in [-0.2, 0) is 38.3 Å². The number of carboxylic acid groups (broad SMARTS) is 1. The summed E-state index contributed by atoms with van der Waals surface area (Å²) >= 11 is 0. The van der Waals surface area contributed by atoms with E-state index in [4.69, 9.17) is 15.6 Å². The third kappa shape index (κ3) is 11.4. The van der Waals surface area contributed by atoms with Crippen molar-refractivity contribution in [3.63, 3.8) is 0 Å². The Morgan fingerprint density at radius 1 is 1.11 bits per heavy atom. The molecule has 5 amide bonds. The molecule has 2 unspecified atom stereocenters. The number of nitrogens with two attached hydrogens (primary N) is 1. The monoisotopic (exact) mass is 500 g/mol. The minimum absolute atomic E-state index is 0.00490. The molecule has 0 aromatic heterocycles. The number of ether oxygens (including phenoxy) is 1. The Hall–Kier alpha value is -3.59. The fraction of sp³-hybridized carbons (Fsp3) is 0.650. The van der Waals surface area contributed by atoms with Gasteiger partial charge < -0.3 is 46.5 Å². The summed E-state index contributed by atoms with van der Waals surface area (Å²) in [6.07, 6.45) is 1.16. The number of aldehydes is 1. The van der Waals surface area contributed by atoms with E-state index >= 15 is 0 Å². The molecule has 7 N–H and O–H groups in total. The number of rotatable bonds is 16. The molecule has 1 fully saturated rings. The van der Waals surface area contributed by atoms with Gasteiger partial charge in [0.15, 0.2) is 0 Å². The molecule has 1 aliphatic heterocycles. The molecule has 0 spiro atoms. The van der Waals surface area contributed by atoms with E-state index in [1.807, 2.05) is 0 Å². The van der Waals surface area contributed by atoms with E-state index in [-0.39, 0.29) is 51.6 Å².